The van der Waals surface area contributed by atoms with Crippen LogP contribution in [0.4, 0.5) is 0 Å². The zero-order valence-electron chi connectivity index (χ0n) is 13.5. The van der Waals surface area contributed by atoms with Crippen molar-refractivity contribution in [2.24, 2.45) is 4.99 Å². The van der Waals surface area contributed by atoms with Crippen molar-refractivity contribution in [2.75, 3.05) is 27.3 Å². The number of guanidine groups is 1. The Labute approximate surface area is 127 Å². The van der Waals surface area contributed by atoms with Gasteiger partial charge in [0, 0.05) is 33.9 Å². The molecule has 0 unspecified atom stereocenters. The van der Waals surface area contributed by atoms with Gasteiger partial charge in [-0.05, 0) is 38.0 Å². The predicted molar refractivity (Wildman–Crippen MR) is 86.9 cm³/mol. The fourth-order valence-corrected chi connectivity index (χ4v) is 1.83. The molecule has 0 aliphatic carbocycles. The van der Waals surface area contributed by atoms with E-state index in [4.69, 9.17) is 9.47 Å². The zero-order valence-corrected chi connectivity index (χ0v) is 13.5. The molecule has 0 aliphatic rings. The lowest BCUT2D eigenvalue weighted by Crippen LogP contribution is -2.37. The van der Waals surface area contributed by atoms with Crippen molar-refractivity contribution >= 4 is 5.96 Å². The van der Waals surface area contributed by atoms with Crippen LogP contribution >= 0.6 is 0 Å². The Kier molecular flexibility index (Phi) is 8.28. The first kappa shape index (κ1) is 17.3. The van der Waals surface area contributed by atoms with Gasteiger partial charge < -0.3 is 20.1 Å². The molecular formula is C16H27N3O2. The van der Waals surface area contributed by atoms with Gasteiger partial charge in [0.1, 0.15) is 5.75 Å². The Hall–Kier alpha value is -1.75. The lowest BCUT2D eigenvalue weighted by atomic mass is 10.2. The highest BCUT2D eigenvalue weighted by Crippen LogP contribution is 2.14. The Balaban J connectivity index is 2.42. The van der Waals surface area contributed by atoms with Crippen LogP contribution in [0.5, 0.6) is 5.75 Å². The maximum atomic E-state index is 5.69. The SMILES string of the molecule is CN=C(NCCCOC)NCc1cccc(OC(C)C)c1. The largest absolute Gasteiger partial charge is 0.491 e. The van der Waals surface area contributed by atoms with Gasteiger partial charge >= 0.3 is 0 Å². The zero-order chi connectivity index (χ0) is 15.5. The summed E-state index contributed by atoms with van der Waals surface area (Å²) in [4.78, 5) is 4.19. The average Bonchev–Trinajstić information content (AvgIpc) is 2.46. The van der Waals surface area contributed by atoms with Crippen LogP contribution in [0.25, 0.3) is 0 Å². The second-order valence-electron chi connectivity index (χ2n) is 5.01. The number of hydrogen-bond acceptors (Lipinski definition) is 3. The van der Waals surface area contributed by atoms with E-state index in [0.29, 0.717) is 6.54 Å². The van der Waals surface area contributed by atoms with Crippen LogP contribution in [0.3, 0.4) is 0 Å². The number of nitrogens with zero attached hydrogens (tertiary/aromatic N) is 1. The van der Waals surface area contributed by atoms with Crippen LogP contribution in [0.15, 0.2) is 29.3 Å². The molecule has 0 fully saturated rings. The number of aliphatic imine (C=N–C) groups is 1. The molecule has 118 valence electrons. The van der Waals surface area contributed by atoms with Crippen molar-refractivity contribution in [3.05, 3.63) is 29.8 Å². The maximum Gasteiger partial charge on any atom is 0.191 e. The summed E-state index contributed by atoms with van der Waals surface area (Å²) in [7, 11) is 3.48. The van der Waals surface area contributed by atoms with Crippen molar-refractivity contribution in [3.63, 3.8) is 0 Å². The first-order valence-electron chi connectivity index (χ1n) is 7.34. The van der Waals surface area contributed by atoms with E-state index in [-0.39, 0.29) is 6.10 Å². The Morgan fingerprint density at radius 1 is 1.29 bits per heavy atom. The number of methoxy groups -OCH3 is 1. The van der Waals surface area contributed by atoms with Gasteiger partial charge in [-0.3, -0.25) is 4.99 Å². The molecule has 0 bridgehead atoms. The Morgan fingerprint density at radius 3 is 2.76 bits per heavy atom. The van der Waals surface area contributed by atoms with E-state index in [1.165, 1.54) is 0 Å². The van der Waals surface area contributed by atoms with Crippen LogP contribution in [0.2, 0.25) is 0 Å². The third-order valence-electron chi connectivity index (χ3n) is 2.77. The summed E-state index contributed by atoms with van der Waals surface area (Å²) < 4.78 is 10.7. The molecule has 0 spiro atoms. The van der Waals surface area contributed by atoms with Gasteiger partial charge in [0.05, 0.1) is 6.10 Å². The van der Waals surface area contributed by atoms with E-state index in [1.54, 1.807) is 14.2 Å². The van der Waals surface area contributed by atoms with Gasteiger partial charge in [0.25, 0.3) is 0 Å². The fraction of sp³-hybridized carbons (Fsp3) is 0.562. The van der Waals surface area contributed by atoms with Gasteiger partial charge in [-0.2, -0.15) is 0 Å². The van der Waals surface area contributed by atoms with E-state index < -0.39 is 0 Å². The third-order valence-corrected chi connectivity index (χ3v) is 2.77. The molecule has 0 heterocycles. The molecule has 0 saturated carbocycles. The minimum atomic E-state index is 0.184. The lowest BCUT2D eigenvalue weighted by Gasteiger charge is -2.13. The molecule has 1 rings (SSSR count). The second-order valence-corrected chi connectivity index (χ2v) is 5.01. The third kappa shape index (κ3) is 7.56. The number of hydrogen-bond donors (Lipinski definition) is 2. The minimum Gasteiger partial charge on any atom is -0.491 e. The molecule has 1 aromatic carbocycles. The molecule has 0 radical (unpaired) electrons. The highest BCUT2D eigenvalue weighted by Gasteiger charge is 2.01. The van der Waals surface area contributed by atoms with Crippen LogP contribution in [-0.4, -0.2) is 39.4 Å². The number of rotatable bonds is 8. The Bertz CT molecular complexity index is 433. The summed E-state index contributed by atoms with van der Waals surface area (Å²) in [6.07, 6.45) is 1.14. The van der Waals surface area contributed by atoms with E-state index in [1.807, 2.05) is 32.0 Å². The van der Waals surface area contributed by atoms with E-state index in [0.717, 1.165) is 36.8 Å². The minimum absolute atomic E-state index is 0.184. The van der Waals surface area contributed by atoms with Crippen LogP contribution in [0.1, 0.15) is 25.8 Å². The summed E-state index contributed by atoms with van der Waals surface area (Å²) >= 11 is 0. The van der Waals surface area contributed by atoms with Crippen molar-refractivity contribution in [1.82, 2.24) is 10.6 Å². The quantitative estimate of drug-likeness (QED) is 0.438. The Morgan fingerprint density at radius 2 is 2.10 bits per heavy atom. The molecule has 1 aromatic rings. The van der Waals surface area contributed by atoms with Gasteiger partial charge in [-0.1, -0.05) is 12.1 Å². The van der Waals surface area contributed by atoms with E-state index in [2.05, 4.69) is 21.7 Å². The summed E-state index contributed by atoms with van der Waals surface area (Å²) in [6, 6.07) is 8.09. The van der Waals surface area contributed by atoms with Gasteiger partial charge in [-0.25, -0.2) is 0 Å². The molecule has 0 amide bonds. The highest BCUT2D eigenvalue weighted by molar-refractivity contribution is 5.79. The number of benzene rings is 1. The lowest BCUT2D eigenvalue weighted by molar-refractivity contribution is 0.195. The molecule has 0 aromatic heterocycles. The van der Waals surface area contributed by atoms with Gasteiger partial charge in [-0.15, -0.1) is 0 Å². The molecule has 2 N–H and O–H groups in total. The normalized spacial score (nSPS) is 11.6. The van der Waals surface area contributed by atoms with E-state index in [9.17, 15) is 0 Å². The van der Waals surface area contributed by atoms with Crippen molar-refractivity contribution in [3.8, 4) is 5.75 Å². The molecule has 0 saturated heterocycles. The first-order valence-corrected chi connectivity index (χ1v) is 7.34. The van der Waals surface area contributed by atoms with Gasteiger partial charge in [0.2, 0.25) is 0 Å². The summed E-state index contributed by atoms with van der Waals surface area (Å²) in [5.74, 6) is 1.69. The monoisotopic (exact) mass is 293 g/mol. The van der Waals surface area contributed by atoms with Gasteiger partial charge in [0.15, 0.2) is 5.96 Å². The molecule has 21 heavy (non-hydrogen) atoms. The summed E-state index contributed by atoms with van der Waals surface area (Å²) in [5.41, 5.74) is 1.16. The second kappa shape index (κ2) is 10.0. The highest BCUT2D eigenvalue weighted by atomic mass is 16.5. The fourth-order valence-electron chi connectivity index (χ4n) is 1.83. The van der Waals surface area contributed by atoms with E-state index >= 15 is 0 Å². The van der Waals surface area contributed by atoms with Crippen LogP contribution in [-0.2, 0) is 11.3 Å². The average molecular weight is 293 g/mol. The molecule has 0 aliphatic heterocycles. The van der Waals surface area contributed by atoms with Crippen molar-refractivity contribution < 1.29 is 9.47 Å². The summed E-state index contributed by atoms with van der Waals surface area (Å²) in [5, 5.41) is 6.53. The molecule has 5 nitrogen and oxygen atoms in total. The van der Waals surface area contributed by atoms with Crippen LogP contribution in [0, 0.1) is 0 Å². The molecule has 0 atom stereocenters. The van der Waals surface area contributed by atoms with Crippen molar-refractivity contribution in [1.29, 1.82) is 0 Å². The van der Waals surface area contributed by atoms with Crippen molar-refractivity contribution in [2.45, 2.75) is 32.9 Å². The molecular weight excluding hydrogens is 266 g/mol. The van der Waals surface area contributed by atoms with Crippen LogP contribution < -0.4 is 15.4 Å². The molecule has 5 heteroatoms. The number of ether oxygens (including phenoxy) is 2. The standard InChI is InChI=1S/C16H27N3O2/c1-13(2)21-15-8-5-7-14(11-15)12-19-16(17-3)18-9-6-10-20-4/h5,7-8,11,13H,6,9-10,12H2,1-4H3,(H2,17,18,19). The topological polar surface area (TPSA) is 54.9 Å². The number of nitrogens with one attached hydrogen (secondary N) is 2. The maximum absolute atomic E-state index is 5.69. The smallest absolute Gasteiger partial charge is 0.191 e. The predicted octanol–water partition coefficient (Wildman–Crippen LogP) is 2.18. The first-order chi connectivity index (χ1) is 10.2. The summed E-state index contributed by atoms with van der Waals surface area (Å²) in [6.45, 7) is 6.34.